The number of carbonyl (C=O) groups is 2. The third-order valence-electron chi connectivity index (χ3n) is 2.45. The van der Waals surface area contributed by atoms with E-state index in [1.165, 1.54) is 12.1 Å². The number of anilines is 2. The molecule has 0 atom stereocenters. The number of rotatable bonds is 2. The van der Waals surface area contributed by atoms with E-state index < -0.39 is 23.4 Å². The summed E-state index contributed by atoms with van der Waals surface area (Å²) in [6.45, 7) is 0. The molecule has 15 nitrogen and oxygen atoms in total. The van der Waals surface area contributed by atoms with E-state index in [9.17, 15) is 30.0 Å². The zero-order valence-corrected chi connectivity index (χ0v) is 19.2. The van der Waals surface area contributed by atoms with Crippen molar-refractivity contribution in [2.75, 3.05) is 11.5 Å². The van der Waals surface area contributed by atoms with Crippen molar-refractivity contribution in [3.8, 4) is 11.5 Å². The van der Waals surface area contributed by atoms with Crippen LogP contribution in [0, 0.1) is 0 Å². The third kappa shape index (κ3) is 18.6. The van der Waals surface area contributed by atoms with E-state index in [1.54, 1.807) is 0 Å². The summed E-state index contributed by atoms with van der Waals surface area (Å²) < 4.78 is 0. The van der Waals surface area contributed by atoms with Crippen molar-refractivity contribution in [2.45, 2.75) is 0 Å². The quantitative estimate of drug-likeness (QED) is 0.295. The van der Waals surface area contributed by atoms with Crippen molar-refractivity contribution >= 4 is 78.4 Å². The van der Waals surface area contributed by atoms with Gasteiger partial charge in [0.1, 0.15) is 0 Å². The van der Waals surface area contributed by atoms with Crippen molar-refractivity contribution in [3.63, 3.8) is 0 Å². The second-order valence-corrected chi connectivity index (χ2v) is 4.09. The number of carbonyl (C=O) groups excluding carboxylic acids is 2. The van der Waals surface area contributed by atoms with Gasteiger partial charge in [0.15, 0.2) is 0 Å². The van der Waals surface area contributed by atoms with Crippen molar-refractivity contribution in [1.29, 1.82) is 0 Å². The first-order valence-electron chi connectivity index (χ1n) is 5.78. The largest absolute Gasteiger partial charge is 3.00 e. The number of benzene rings is 2. The Hall–Kier alpha value is -1.91. The summed E-state index contributed by atoms with van der Waals surface area (Å²) in [5, 5.41) is 41.9. The predicted octanol–water partition coefficient (Wildman–Crippen LogP) is -8.47. The molecule has 0 radical (unpaired) electrons. The van der Waals surface area contributed by atoms with Crippen LogP contribution in [0.25, 0.3) is 0 Å². The number of hydrogen-bond donors (Lipinski definition) is 2. The van der Waals surface area contributed by atoms with E-state index in [-0.39, 0.29) is 116 Å². The minimum atomic E-state index is -1.48. The number of carboxylic acids is 2. The summed E-state index contributed by atoms with van der Waals surface area (Å²) in [5.41, 5.74) is 10.2. The molecule has 0 unspecified atom stereocenters. The molecule has 17 N–H and O–H groups in total. The molecular formula is C14H23AlCaN2O13. The molecule has 17 heteroatoms. The molecule has 2 rings (SSSR count). The van der Waals surface area contributed by atoms with Gasteiger partial charge in [0.2, 0.25) is 0 Å². The third-order valence-corrected chi connectivity index (χ3v) is 2.45. The summed E-state index contributed by atoms with van der Waals surface area (Å²) in [5.74, 6) is -4.19. The van der Waals surface area contributed by atoms with Gasteiger partial charge in [0, 0.05) is 11.4 Å². The molecule has 0 saturated carbocycles. The summed E-state index contributed by atoms with van der Waals surface area (Å²) in [7, 11) is 0. The molecule has 0 saturated heterocycles. The van der Waals surface area contributed by atoms with Crippen molar-refractivity contribution in [2.24, 2.45) is 0 Å². The Morgan fingerprint density at radius 2 is 0.871 bits per heavy atom. The monoisotopic (exact) mass is 494 g/mol. The fourth-order valence-electron chi connectivity index (χ4n) is 1.42. The number of hydrogen-bond acceptors (Lipinski definition) is 9. The second-order valence-electron chi connectivity index (χ2n) is 4.09. The molecule has 0 aliphatic rings. The van der Waals surface area contributed by atoms with Crippen LogP contribution in [-0.4, -0.2) is 105 Å². The van der Waals surface area contributed by atoms with Crippen LogP contribution in [-0.2, 0) is 0 Å². The molecule has 0 aliphatic carbocycles. The van der Waals surface area contributed by atoms with Crippen LogP contribution < -0.4 is 31.9 Å². The molecule has 2 aromatic carbocycles. The molecular weight excluding hydrogens is 471 g/mol. The van der Waals surface area contributed by atoms with Gasteiger partial charge in [0.05, 0.1) is 11.9 Å². The van der Waals surface area contributed by atoms with Crippen molar-refractivity contribution in [1.82, 2.24) is 0 Å². The van der Waals surface area contributed by atoms with Gasteiger partial charge in [-0.2, -0.15) is 0 Å². The average Bonchev–Trinajstić information content (AvgIpc) is 2.38. The summed E-state index contributed by atoms with van der Waals surface area (Å²) >= 11 is 0. The Kier molecular flexibility index (Phi) is 47.9. The first kappa shape index (κ1) is 56.9. The predicted molar refractivity (Wildman–Crippen MR) is 104 cm³/mol. The maximum atomic E-state index is 10.8. The Bertz CT molecular complexity index is 676. The second kappa shape index (κ2) is 26.1. The first-order chi connectivity index (χ1) is 10.2. The van der Waals surface area contributed by atoms with Crippen LogP contribution in [0.1, 0.15) is 20.7 Å². The minimum Gasteiger partial charge on any atom is -0.872 e. The van der Waals surface area contributed by atoms with Crippen LogP contribution in [0.4, 0.5) is 11.4 Å². The standard InChI is InChI=1S/2C7H7NO3.Al.Ca.7H2O/c2*8-4-1-2-5(7(10)11)6(9)3-4;;;;;;;;;/h2*1-3,9H,8H2,(H,10,11);;;7*1H2/q;;+3;+2;;;;;;;/p-5. The van der Waals surface area contributed by atoms with Gasteiger partial charge in [-0.3, -0.25) is 0 Å². The van der Waals surface area contributed by atoms with Crippen LogP contribution >= 0.6 is 0 Å². The molecule has 0 fully saturated rings. The summed E-state index contributed by atoms with van der Waals surface area (Å²) in [6, 6.07) is 7.04. The SMILES string of the molecule is Nc1ccc(C(=O)[O-])c([O-])c1.Nc1ccc(C(=O)[O-])c([O-])c1.O.O.O.O.O.O.[Al+3].[Ca+2].[OH-]. The van der Waals surface area contributed by atoms with Gasteiger partial charge in [-0.15, -0.1) is 0 Å². The van der Waals surface area contributed by atoms with E-state index in [2.05, 4.69) is 0 Å². The molecule has 0 amide bonds. The van der Waals surface area contributed by atoms with Crippen LogP contribution in [0.15, 0.2) is 36.4 Å². The fourth-order valence-corrected chi connectivity index (χ4v) is 1.42. The Morgan fingerprint density at radius 1 is 0.645 bits per heavy atom. The summed E-state index contributed by atoms with van der Waals surface area (Å²) in [6.07, 6.45) is 0. The number of nitrogen functional groups attached to an aromatic ring is 2. The molecule has 2 aromatic rings. The van der Waals surface area contributed by atoms with Crippen molar-refractivity contribution < 1.29 is 68.3 Å². The van der Waals surface area contributed by atoms with Gasteiger partial charge >= 0.3 is 55.1 Å². The van der Waals surface area contributed by atoms with Crippen molar-refractivity contribution in [3.05, 3.63) is 47.5 Å². The maximum Gasteiger partial charge on any atom is 3.00 e. The van der Waals surface area contributed by atoms with Crippen LogP contribution in [0.3, 0.4) is 0 Å². The Balaban J connectivity index is -0.0000000346. The van der Waals surface area contributed by atoms with Gasteiger partial charge in [-0.1, -0.05) is 23.6 Å². The van der Waals surface area contributed by atoms with Gasteiger partial charge in [-0.25, -0.2) is 0 Å². The molecule has 0 bridgehead atoms. The first-order valence-corrected chi connectivity index (χ1v) is 5.78. The number of carboxylic acid groups (broad SMARTS) is 2. The topological polar surface area (TPSA) is 397 Å². The Morgan fingerprint density at radius 3 is 1.03 bits per heavy atom. The average molecular weight is 494 g/mol. The summed E-state index contributed by atoms with van der Waals surface area (Å²) in [4.78, 5) is 20.4. The zero-order chi connectivity index (χ0) is 16.9. The Labute approximate surface area is 216 Å². The molecule has 0 heterocycles. The fraction of sp³-hybridized carbons (Fsp3) is 0. The number of nitrogens with two attached hydrogens (primary N) is 2. The van der Waals surface area contributed by atoms with E-state index in [0.717, 1.165) is 24.3 Å². The molecule has 172 valence electrons. The molecule has 31 heavy (non-hydrogen) atoms. The zero-order valence-electron chi connectivity index (χ0n) is 15.8. The van der Waals surface area contributed by atoms with Crippen LogP contribution in [0.5, 0.6) is 11.5 Å². The van der Waals surface area contributed by atoms with Gasteiger partial charge in [-0.05, 0) is 35.4 Å². The van der Waals surface area contributed by atoms with Gasteiger partial charge < -0.3 is 79.8 Å². The molecule has 0 aliphatic heterocycles. The van der Waals surface area contributed by atoms with E-state index in [4.69, 9.17) is 11.5 Å². The van der Waals surface area contributed by atoms with E-state index in [0.29, 0.717) is 0 Å². The maximum absolute atomic E-state index is 10.8. The van der Waals surface area contributed by atoms with Crippen LogP contribution in [0.2, 0.25) is 0 Å². The van der Waals surface area contributed by atoms with Gasteiger partial charge in [0.25, 0.3) is 0 Å². The smallest absolute Gasteiger partial charge is 0.872 e. The molecule has 0 spiro atoms. The van der Waals surface area contributed by atoms with E-state index >= 15 is 0 Å². The van der Waals surface area contributed by atoms with E-state index in [1.807, 2.05) is 0 Å². The normalized spacial score (nSPS) is 6.71. The number of aromatic carboxylic acids is 2. The minimum absolute atomic E-state index is 0. The molecule has 0 aromatic heterocycles.